The van der Waals surface area contributed by atoms with Gasteiger partial charge in [0.15, 0.2) is 0 Å². The monoisotopic (exact) mass is 372 g/mol. The van der Waals surface area contributed by atoms with Crippen molar-refractivity contribution in [1.82, 2.24) is 0 Å². The van der Waals surface area contributed by atoms with Crippen LogP contribution >= 0.6 is 0 Å². The van der Waals surface area contributed by atoms with E-state index in [1.54, 1.807) is 6.92 Å². The zero-order valence-electron chi connectivity index (χ0n) is 16.7. The lowest BCUT2D eigenvalue weighted by atomic mass is 9.95. The van der Waals surface area contributed by atoms with Crippen LogP contribution in [0, 0.1) is 5.92 Å². The van der Waals surface area contributed by atoms with Crippen LogP contribution in [-0.2, 0) is 18.9 Å². The number of hydrogen-bond donors (Lipinski definition) is 0. The van der Waals surface area contributed by atoms with Gasteiger partial charge in [-0.15, -0.1) is 0 Å². The summed E-state index contributed by atoms with van der Waals surface area (Å²) < 4.78 is 20.7. The van der Waals surface area contributed by atoms with Crippen molar-refractivity contribution in [2.75, 3.05) is 13.2 Å². The molecule has 0 aromatic carbocycles. The fourth-order valence-electron chi connectivity index (χ4n) is 3.31. The molecule has 6 heteroatoms. The molecular formula is C20H36O6. The van der Waals surface area contributed by atoms with Gasteiger partial charge in [-0.2, -0.15) is 0 Å². The van der Waals surface area contributed by atoms with E-state index < -0.39 is 12.3 Å². The SMILES string of the molecule is CCCCCC(CCC)COC(=O)OC1CCC(OC(=O)OCC)CC1. The maximum atomic E-state index is 11.9. The van der Waals surface area contributed by atoms with Crippen molar-refractivity contribution in [2.45, 2.75) is 97.2 Å². The van der Waals surface area contributed by atoms with Crippen LogP contribution in [0.3, 0.4) is 0 Å². The molecule has 0 N–H and O–H groups in total. The second-order valence-electron chi connectivity index (χ2n) is 7.03. The average Bonchev–Trinajstić information content (AvgIpc) is 2.62. The van der Waals surface area contributed by atoms with Gasteiger partial charge < -0.3 is 18.9 Å². The molecular weight excluding hydrogens is 336 g/mol. The van der Waals surface area contributed by atoms with E-state index in [9.17, 15) is 9.59 Å². The Morgan fingerprint density at radius 3 is 1.88 bits per heavy atom. The third-order valence-electron chi connectivity index (χ3n) is 4.76. The molecule has 1 atom stereocenters. The molecule has 0 radical (unpaired) electrons. The third kappa shape index (κ3) is 9.88. The van der Waals surface area contributed by atoms with Crippen LogP contribution in [0.4, 0.5) is 9.59 Å². The quantitative estimate of drug-likeness (QED) is 0.346. The highest BCUT2D eigenvalue weighted by Crippen LogP contribution is 2.24. The first kappa shape index (κ1) is 22.6. The number of carbonyl (C=O) groups is 2. The summed E-state index contributed by atoms with van der Waals surface area (Å²) in [5, 5.41) is 0. The fraction of sp³-hybridized carbons (Fsp3) is 0.900. The van der Waals surface area contributed by atoms with Crippen LogP contribution in [0.1, 0.15) is 85.0 Å². The Balaban J connectivity index is 2.21. The molecule has 0 amide bonds. The lowest BCUT2D eigenvalue weighted by Crippen LogP contribution is -2.30. The van der Waals surface area contributed by atoms with Crippen LogP contribution in [0.25, 0.3) is 0 Å². The molecule has 0 aliphatic heterocycles. The summed E-state index contributed by atoms with van der Waals surface area (Å²) in [6.45, 7) is 6.84. The summed E-state index contributed by atoms with van der Waals surface area (Å²) in [4.78, 5) is 23.3. The van der Waals surface area contributed by atoms with Gasteiger partial charge in [-0.05, 0) is 51.4 Å². The lowest BCUT2D eigenvalue weighted by molar-refractivity contribution is -0.0288. The molecule has 0 aromatic rings. The van der Waals surface area contributed by atoms with E-state index in [-0.39, 0.29) is 12.2 Å². The van der Waals surface area contributed by atoms with Gasteiger partial charge in [0.2, 0.25) is 0 Å². The van der Waals surface area contributed by atoms with Crippen molar-refractivity contribution in [3.8, 4) is 0 Å². The van der Waals surface area contributed by atoms with Gasteiger partial charge in [0.1, 0.15) is 12.2 Å². The zero-order valence-corrected chi connectivity index (χ0v) is 16.7. The van der Waals surface area contributed by atoms with Gasteiger partial charge in [0.25, 0.3) is 0 Å². The summed E-state index contributed by atoms with van der Waals surface area (Å²) in [5.74, 6) is 0.424. The first-order valence-corrected chi connectivity index (χ1v) is 10.3. The summed E-state index contributed by atoms with van der Waals surface area (Å²) in [7, 11) is 0. The molecule has 152 valence electrons. The summed E-state index contributed by atoms with van der Waals surface area (Å²) in [5.41, 5.74) is 0. The van der Waals surface area contributed by atoms with E-state index in [1.165, 1.54) is 19.3 Å². The van der Waals surface area contributed by atoms with Crippen molar-refractivity contribution in [3.05, 3.63) is 0 Å². The van der Waals surface area contributed by atoms with Crippen LogP contribution in [0.5, 0.6) is 0 Å². The smallest absolute Gasteiger partial charge is 0.435 e. The summed E-state index contributed by atoms with van der Waals surface area (Å²) >= 11 is 0. The Labute approximate surface area is 157 Å². The Bertz CT molecular complexity index is 390. The Morgan fingerprint density at radius 2 is 1.38 bits per heavy atom. The lowest BCUT2D eigenvalue weighted by Gasteiger charge is -2.27. The molecule has 1 aliphatic rings. The van der Waals surface area contributed by atoms with Crippen LogP contribution < -0.4 is 0 Å². The first-order chi connectivity index (χ1) is 12.6. The molecule has 1 saturated carbocycles. The first-order valence-electron chi connectivity index (χ1n) is 10.3. The largest absolute Gasteiger partial charge is 0.508 e. The molecule has 26 heavy (non-hydrogen) atoms. The molecule has 0 heterocycles. The highest BCUT2D eigenvalue weighted by Gasteiger charge is 2.27. The van der Waals surface area contributed by atoms with E-state index in [0.29, 0.717) is 44.8 Å². The maximum Gasteiger partial charge on any atom is 0.508 e. The van der Waals surface area contributed by atoms with Gasteiger partial charge >= 0.3 is 12.3 Å². The average molecular weight is 373 g/mol. The molecule has 0 bridgehead atoms. The normalized spacial score (nSPS) is 20.9. The number of hydrogen-bond acceptors (Lipinski definition) is 6. The maximum absolute atomic E-state index is 11.9. The molecule has 0 aromatic heterocycles. The van der Waals surface area contributed by atoms with Gasteiger partial charge in [0.05, 0.1) is 13.2 Å². The van der Waals surface area contributed by atoms with E-state index in [0.717, 1.165) is 19.3 Å². The second kappa shape index (κ2) is 13.7. The molecule has 1 unspecified atom stereocenters. The predicted molar refractivity (Wildman–Crippen MR) is 99.1 cm³/mol. The number of rotatable bonds is 11. The van der Waals surface area contributed by atoms with Crippen LogP contribution in [0.15, 0.2) is 0 Å². The molecule has 1 rings (SSSR count). The van der Waals surface area contributed by atoms with E-state index in [4.69, 9.17) is 18.9 Å². The molecule has 1 aliphatic carbocycles. The van der Waals surface area contributed by atoms with Crippen LogP contribution in [0.2, 0.25) is 0 Å². The van der Waals surface area contributed by atoms with Gasteiger partial charge in [-0.3, -0.25) is 0 Å². The minimum absolute atomic E-state index is 0.155. The van der Waals surface area contributed by atoms with Crippen molar-refractivity contribution in [2.24, 2.45) is 5.92 Å². The minimum Gasteiger partial charge on any atom is -0.435 e. The molecule has 0 saturated heterocycles. The highest BCUT2D eigenvalue weighted by molar-refractivity contribution is 5.60. The predicted octanol–water partition coefficient (Wildman–Crippen LogP) is 5.62. The Morgan fingerprint density at radius 1 is 0.808 bits per heavy atom. The van der Waals surface area contributed by atoms with Gasteiger partial charge in [0, 0.05) is 0 Å². The standard InChI is InChI=1S/C20H36O6/c1-4-7-8-10-16(9-5-2)15-24-20(22)26-18-13-11-17(12-14-18)25-19(21)23-6-3/h16-18H,4-15H2,1-3H3. The minimum atomic E-state index is -0.624. The molecule has 6 nitrogen and oxygen atoms in total. The summed E-state index contributed by atoms with van der Waals surface area (Å²) in [6.07, 6.45) is 8.07. The number of unbranched alkanes of at least 4 members (excludes halogenated alkanes) is 2. The zero-order chi connectivity index (χ0) is 19.2. The van der Waals surface area contributed by atoms with Gasteiger partial charge in [-0.1, -0.05) is 39.5 Å². The van der Waals surface area contributed by atoms with E-state index >= 15 is 0 Å². The number of carbonyl (C=O) groups excluding carboxylic acids is 2. The fourth-order valence-corrected chi connectivity index (χ4v) is 3.31. The van der Waals surface area contributed by atoms with Crippen LogP contribution in [-0.4, -0.2) is 37.7 Å². The van der Waals surface area contributed by atoms with Crippen molar-refractivity contribution in [1.29, 1.82) is 0 Å². The van der Waals surface area contributed by atoms with E-state index in [2.05, 4.69) is 13.8 Å². The second-order valence-corrected chi connectivity index (χ2v) is 7.03. The number of ether oxygens (including phenoxy) is 4. The Kier molecular flexibility index (Phi) is 11.9. The van der Waals surface area contributed by atoms with E-state index in [1.807, 2.05) is 0 Å². The molecule has 1 fully saturated rings. The van der Waals surface area contributed by atoms with Crippen molar-refractivity contribution >= 4 is 12.3 Å². The topological polar surface area (TPSA) is 71.1 Å². The van der Waals surface area contributed by atoms with Gasteiger partial charge in [-0.25, -0.2) is 9.59 Å². The third-order valence-corrected chi connectivity index (χ3v) is 4.76. The van der Waals surface area contributed by atoms with Crippen molar-refractivity contribution < 1.29 is 28.5 Å². The Hall–Kier alpha value is -1.46. The highest BCUT2D eigenvalue weighted by atomic mass is 16.7. The summed E-state index contributed by atoms with van der Waals surface area (Å²) in [6, 6.07) is 0. The molecule has 0 spiro atoms. The van der Waals surface area contributed by atoms with Crippen molar-refractivity contribution in [3.63, 3.8) is 0 Å².